The van der Waals surface area contributed by atoms with Crippen molar-refractivity contribution in [1.29, 1.82) is 0 Å². The van der Waals surface area contributed by atoms with Gasteiger partial charge in [0.05, 0.1) is 16.6 Å². The largest absolute Gasteiger partial charge is 0.334 e. The number of aromatic nitrogens is 3. The third-order valence-corrected chi connectivity index (χ3v) is 25.5. The van der Waals surface area contributed by atoms with Gasteiger partial charge in [-0.05, 0) is 259 Å². The van der Waals surface area contributed by atoms with Crippen molar-refractivity contribution in [3.05, 3.63) is 212 Å². The van der Waals surface area contributed by atoms with Crippen molar-refractivity contribution >= 4 is 98.8 Å². The molecular weight excluding hydrogens is 1080 g/mol. The third-order valence-electron chi connectivity index (χ3n) is 25.5. The van der Waals surface area contributed by atoms with Crippen molar-refractivity contribution in [2.24, 2.45) is 0 Å². The first-order valence-corrected chi connectivity index (χ1v) is 33.3. The van der Waals surface area contributed by atoms with Crippen LogP contribution in [0.25, 0.3) is 98.0 Å². The summed E-state index contributed by atoms with van der Waals surface area (Å²) < 4.78 is 0. The van der Waals surface area contributed by atoms with Gasteiger partial charge in [-0.2, -0.15) is 0 Å². The van der Waals surface area contributed by atoms with Crippen LogP contribution in [0.3, 0.4) is 0 Å². The standard InChI is InChI=1S/C83H74N6/c1-78-34-7-10-37-81(78,4)87(54-28-40-84-41-29-54)72-25-16-51(46-69(72)78)57-19-22-62-66-50-68-64-24-21-59(53-18-27-74-71(48-53)80(3)36-9-12-39-83(80,6)89(74)56-32-44-86-45-33-56)76-58(20-23-63(77(64)76)67(68)49-65(66)61-15-13-14-60(57)75(61)62)52-17-26-73-70(47-52)79(2)35-8-11-38-82(79,5)88(73)55-30-42-85-43-31-55/h13-33,40-50H,7-12,34-39H2,1-6H3. The maximum Gasteiger partial charge on any atom is 0.0517 e. The molecule has 3 fully saturated rings. The number of anilines is 6. The second kappa shape index (κ2) is 17.9. The lowest BCUT2D eigenvalue weighted by molar-refractivity contribution is 0.195. The average molecular weight is 1160 g/mol. The number of hydrogen-bond acceptors (Lipinski definition) is 6. The molecule has 3 saturated carbocycles. The summed E-state index contributed by atoms with van der Waals surface area (Å²) in [5.41, 5.74) is 19.8. The molecule has 0 radical (unpaired) electrons. The van der Waals surface area contributed by atoms with E-state index < -0.39 is 0 Å². The predicted octanol–water partition coefficient (Wildman–Crippen LogP) is 21.9. The lowest BCUT2D eigenvalue weighted by Gasteiger charge is -2.50. The first-order chi connectivity index (χ1) is 43.4. The van der Waals surface area contributed by atoms with Gasteiger partial charge in [0.25, 0.3) is 0 Å². The van der Waals surface area contributed by atoms with Crippen LogP contribution in [0.4, 0.5) is 34.1 Å². The van der Waals surface area contributed by atoms with Crippen LogP contribution in [-0.4, -0.2) is 31.6 Å². The molecule has 10 aromatic carbocycles. The fourth-order valence-corrected chi connectivity index (χ4v) is 20.4. The Kier molecular flexibility index (Phi) is 10.5. The van der Waals surface area contributed by atoms with Gasteiger partial charge in [0.15, 0.2) is 0 Å². The Balaban J connectivity index is 0.814. The predicted molar refractivity (Wildman–Crippen MR) is 372 cm³/mol. The van der Waals surface area contributed by atoms with E-state index in [-0.39, 0.29) is 32.9 Å². The van der Waals surface area contributed by atoms with Crippen molar-refractivity contribution in [3.8, 4) is 33.4 Å². The molecule has 0 N–H and O–H groups in total. The van der Waals surface area contributed by atoms with Crippen molar-refractivity contribution < 1.29 is 0 Å². The van der Waals surface area contributed by atoms with Gasteiger partial charge in [-0.25, -0.2) is 0 Å². The van der Waals surface area contributed by atoms with Gasteiger partial charge < -0.3 is 14.7 Å². The summed E-state index contributed by atoms with van der Waals surface area (Å²) in [5, 5.41) is 16.1. The van der Waals surface area contributed by atoms with E-state index in [0.29, 0.717) is 0 Å². The second-order valence-corrected chi connectivity index (χ2v) is 29.2. The van der Waals surface area contributed by atoms with Crippen molar-refractivity contribution in [2.75, 3.05) is 14.7 Å². The SMILES string of the molecule is CC12CCCCC1(C)N(c1ccncc1)c1ccc(-c3ccc4c5cc6c(cc5c5cccc3c54)c3ccc(-c4ccc5c(c4)C4(C)CCCCC4(C)N5c4ccncc4)c4c(-c5ccc7c(c5)C5(C)CCCCC5(C)N7c5ccncc5)ccc6c43)cc12. The molecule has 3 aliphatic carbocycles. The minimum Gasteiger partial charge on any atom is -0.334 e. The lowest BCUT2D eigenvalue weighted by Crippen LogP contribution is -2.54. The summed E-state index contributed by atoms with van der Waals surface area (Å²) in [6.07, 6.45) is 26.2. The van der Waals surface area contributed by atoms with Gasteiger partial charge in [0.1, 0.15) is 0 Å². The molecule has 3 aliphatic heterocycles. The summed E-state index contributed by atoms with van der Waals surface area (Å²) in [5.74, 6) is 0. The fourth-order valence-electron chi connectivity index (χ4n) is 20.4. The first kappa shape index (κ1) is 52.1. The summed E-state index contributed by atoms with van der Waals surface area (Å²) >= 11 is 0. The van der Waals surface area contributed by atoms with Crippen molar-refractivity contribution in [3.63, 3.8) is 0 Å². The van der Waals surface area contributed by atoms with E-state index in [2.05, 4.69) is 229 Å². The molecule has 0 saturated heterocycles. The Morgan fingerprint density at radius 3 is 1.00 bits per heavy atom. The quantitative estimate of drug-likeness (QED) is 0.165. The number of hydrogen-bond donors (Lipinski definition) is 0. The Labute approximate surface area is 521 Å². The smallest absolute Gasteiger partial charge is 0.0517 e. The lowest BCUT2D eigenvalue weighted by atomic mass is 9.61. The summed E-state index contributed by atoms with van der Waals surface area (Å²) in [4.78, 5) is 21.4. The molecule has 0 spiro atoms. The van der Waals surface area contributed by atoms with Gasteiger partial charge >= 0.3 is 0 Å². The zero-order valence-electron chi connectivity index (χ0n) is 52.1. The van der Waals surface area contributed by atoms with Crippen LogP contribution < -0.4 is 14.7 Å². The third kappa shape index (κ3) is 6.50. The van der Waals surface area contributed by atoms with E-state index in [1.165, 1.54) is 200 Å². The topological polar surface area (TPSA) is 48.4 Å². The first-order valence-electron chi connectivity index (χ1n) is 33.3. The maximum atomic E-state index is 4.48. The van der Waals surface area contributed by atoms with Crippen molar-refractivity contribution in [1.82, 2.24) is 15.0 Å². The molecule has 3 aromatic heterocycles. The number of pyridine rings is 3. The Morgan fingerprint density at radius 2 is 0.607 bits per heavy atom. The van der Waals surface area contributed by atoms with E-state index in [1.54, 1.807) is 0 Å². The summed E-state index contributed by atoms with van der Waals surface area (Å²) in [6.45, 7) is 15.3. The highest BCUT2D eigenvalue weighted by atomic mass is 15.3. The molecule has 0 bridgehead atoms. The van der Waals surface area contributed by atoms with E-state index in [1.807, 2.05) is 37.2 Å². The second-order valence-electron chi connectivity index (χ2n) is 29.2. The van der Waals surface area contributed by atoms with E-state index in [0.717, 1.165) is 25.7 Å². The van der Waals surface area contributed by atoms with Gasteiger partial charge in [0.2, 0.25) is 0 Å². The van der Waals surface area contributed by atoms with Crippen molar-refractivity contribution in [2.45, 2.75) is 151 Å². The maximum absolute atomic E-state index is 4.48. The van der Waals surface area contributed by atoms with Gasteiger partial charge in [-0.3, -0.25) is 15.0 Å². The Bertz CT molecular complexity index is 4900. The van der Waals surface area contributed by atoms with Crippen LogP contribution in [0.2, 0.25) is 0 Å². The molecule has 0 amide bonds. The van der Waals surface area contributed by atoms with Crippen LogP contribution in [0.15, 0.2) is 195 Å². The highest BCUT2D eigenvalue weighted by Crippen LogP contribution is 2.65. The zero-order chi connectivity index (χ0) is 59.6. The minimum atomic E-state index is -0.0629. The van der Waals surface area contributed by atoms with Crippen LogP contribution in [0, 0.1) is 0 Å². The zero-order valence-corrected chi connectivity index (χ0v) is 52.1. The number of fused-ring (bicyclic) bond motifs is 15. The van der Waals surface area contributed by atoms with Gasteiger partial charge in [0, 0.05) is 87.6 Å². The van der Waals surface area contributed by atoms with E-state index in [9.17, 15) is 0 Å². The molecule has 13 aromatic rings. The molecule has 6 atom stereocenters. The summed E-state index contributed by atoms with van der Waals surface area (Å²) in [6, 6.07) is 62.8. The minimum absolute atomic E-state index is 0.0186. The normalized spacial score (nSPS) is 26.2. The molecule has 19 rings (SSSR count). The Morgan fingerprint density at radius 1 is 0.281 bits per heavy atom. The average Bonchev–Trinajstić information content (AvgIpc) is 1.59. The molecular formula is C83H74N6. The number of benzene rings is 8. The molecule has 89 heavy (non-hydrogen) atoms. The van der Waals surface area contributed by atoms with Gasteiger partial charge in [-0.15, -0.1) is 0 Å². The number of rotatable bonds is 6. The van der Waals surface area contributed by atoms with E-state index >= 15 is 0 Å². The fraction of sp³-hybridized carbons (Fsp3) is 0.289. The van der Waals surface area contributed by atoms with Crippen LogP contribution in [-0.2, 0) is 16.2 Å². The van der Waals surface area contributed by atoms with E-state index in [4.69, 9.17) is 0 Å². The molecule has 436 valence electrons. The van der Waals surface area contributed by atoms with Crippen LogP contribution >= 0.6 is 0 Å². The molecule has 6 aliphatic rings. The van der Waals surface area contributed by atoms with Gasteiger partial charge in [-0.1, -0.05) is 132 Å². The molecule has 6 unspecified atom stereocenters. The highest BCUT2D eigenvalue weighted by molar-refractivity contribution is 6.39. The van der Waals surface area contributed by atoms with Crippen LogP contribution in [0.1, 0.15) is 135 Å². The highest BCUT2D eigenvalue weighted by Gasteiger charge is 2.60. The molecule has 6 heterocycles. The Hall–Kier alpha value is -8.87. The molecule has 6 nitrogen and oxygen atoms in total. The molecule has 6 heteroatoms. The number of nitrogens with zero attached hydrogens (tertiary/aromatic N) is 6. The summed E-state index contributed by atoms with van der Waals surface area (Å²) in [7, 11) is 0. The monoisotopic (exact) mass is 1150 g/mol. The van der Waals surface area contributed by atoms with Crippen LogP contribution in [0.5, 0.6) is 0 Å².